The second-order valence-electron chi connectivity index (χ2n) is 6.08. The van der Waals surface area contributed by atoms with Crippen molar-refractivity contribution in [2.75, 3.05) is 16.3 Å². The van der Waals surface area contributed by atoms with Gasteiger partial charge < -0.3 is 10.6 Å². The first kappa shape index (κ1) is 19.5. The fraction of sp³-hybridized carbons (Fsp3) is 0.222. The molecular formula is C18H21N3O4S. The smallest absolute Gasteiger partial charge is 0.255 e. The van der Waals surface area contributed by atoms with Crippen molar-refractivity contribution in [3.8, 4) is 0 Å². The van der Waals surface area contributed by atoms with Gasteiger partial charge in [0.25, 0.3) is 11.8 Å². The van der Waals surface area contributed by atoms with Crippen molar-refractivity contribution in [2.45, 2.75) is 19.9 Å². The van der Waals surface area contributed by atoms with Gasteiger partial charge >= 0.3 is 0 Å². The van der Waals surface area contributed by atoms with Crippen LogP contribution in [0, 0.1) is 0 Å². The Morgan fingerprint density at radius 3 is 2.12 bits per heavy atom. The Kier molecular flexibility index (Phi) is 5.99. The van der Waals surface area contributed by atoms with Crippen LogP contribution in [0.4, 0.5) is 11.4 Å². The van der Waals surface area contributed by atoms with E-state index in [1.165, 1.54) is 24.3 Å². The number of carbonyl (C=O) groups excluding carboxylic acids is 2. The second-order valence-corrected chi connectivity index (χ2v) is 7.83. The van der Waals surface area contributed by atoms with Crippen molar-refractivity contribution in [1.29, 1.82) is 0 Å². The van der Waals surface area contributed by atoms with Gasteiger partial charge in [0.05, 0.1) is 17.5 Å². The van der Waals surface area contributed by atoms with Crippen LogP contribution in [0.2, 0.25) is 0 Å². The first-order chi connectivity index (χ1) is 12.2. The molecule has 0 heterocycles. The highest BCUT2D eigenvalue weighted by molar-refractivity contribution is 7.92. The van der Waals surface area contributed by atoms with E-state index in [0.29, 0.717) is 22.5 Å². The molecule has 26 heavy (non-hydrogen) atoms. The molecule has 138 valence electrons. The molecule has 2 rings (SSSR count). The summed E-state index contributed by atoms with van der Waals surface area (Å²) in [5, 5.41) is 5.50. The summed E-state index contributed by atoms with van der Waals surface area (Å²) in [6, 6.07) is 12.7. The van der Waals surface area contributed by atoms with Gasteiger partial charge in [0.1, 0.15) is 0 Å². The number of hydrogen-bond acceptors (Lipinski definition) is 4. The number of rotatable bonds is 6. The van der Waals surface area contributed by atoms with Crippen LogP contribution in [-0.2, 0) is 10.0 Å². The van der Waals surface area contributed by atoms with Gasteiger partial charge in [0.2, 0.25) is 10.0 Å². The summed E-state index contributed by atoms with van der Waals surface area (Å²) >= 11 is 0. The summed E-state index contributed by atoms with van der Waals surface area (Å²) in [4.78, 5) is 24.7. The number of sulfonamides is 1. The van der Waals surface area contributed by atoms with Gasteiger partial charge in [-0.05, 0) is 50.2 Å². The molecule has 0 aliphatic rings. The van der Waals surface area contributed by atoms with E-state index in [2.05, 4.69) is 15.4 Å². The molecule has 0 saturated heterocycles. The van der Waals surface area contributed by atoms with Crippen LogP contribution in [-0.4, -0.2) is 32.5 Å². The second kappa shape index (κ2) is 8.01. The van der Waals surface area contributed by atoms with Crippen LogP contribution in [0.3, 0.4) is 0 Å². The van der Waals surface area contributed by atoms with Crippen molar-refractivity contribution in [3.63, 3.8) is 0 Å². The average molecular weight is 375 g/mol. The van der Waals surface area contributed by atoms with E-state index in [-0.39, 0.29) is 11.9 Å². The lowest BCUT2D eigenvalue weighted by Crippen LogP contribution is -2.31. The quantitative estimate of drug-likeness (QED) is 0.721. The summed E-state index contributed by atoms with van der Waals surface area (Å²) in [5.74, 6) is -0.677. The molecule has 0 saturated carbocycles. The molecular weight excluding hydrogens is 354 g/mol. The average Bonchev–Trinajstić information content (AvgIpc) is 2.53. The summed E-state index contributed by atoms with van der Waals surface area (Å²) in [5.41, 5.74) is 1.46. The van der Waals surface area contributed by atoms with Crippen LogP contribution >= 0.6 is 0 Å². The number of hydrogen-bond donors (Lipinski definition) is 3. The molecule has 2 aromatic rings. The van der Waals surface area contributed by atoms with Gasteiger partial charge in [-0.1, -0.05) is 12.1 Å². The minimum absolute atomic E-state index is 0.0267. The van der Waals surface area contributed by atoms with E-state index in [4.69, 9.17) is 0 Å². The molecule has 0 unspecified atom stereocenters. The fourth-order valence-electron chi connectivity index (χ4n) is 2.23. The zero-order valence-corrected chi connectivity index (χ0v) is 15.6. The standard InChI is InChI=1S/C18H21N3O4S/c1-12(2)19-18(23)15-6-4-5-7-16(15)20-17(22)13-8-10-14(11-9-13)21-26(3,24)25/h4-12,21H,1-3H3,(H,19,23)(H,20,22). The van der Waals surface area contributed by atoms with Gasteiger partial charge in [0.15, 0.2) is 0 Å². The topological polar surface area (TPSA) is 104 Å². The first-order valence-corrected chi connectivity index (χ1v) is 9.84. The Morgan fingerprint density at radius 2 is 1.54 bits per heavy atom. The number of anilines is 2. The third-order valence-corrected chi connectivity index (χ3v) is 3.90. The molecule has 8 heteroatoms. The van der Waals surface area contributed by atoms with Gasteiger partial charge in [-0.3, -0.25) is 14.3 Å². The first-order valence-electron chi connectivity index (χ1n) is 7.95. The predicted octanol–water partition coefficient (Wildman–Crippen LogP) is 2.45. The summed E-state index contributed by atoms with van der Waals surface area (Å²) in [7, 11) is -3.38. The Bertz CT molecular complexity index is 906. The molecule has 7 nitrogen and oxygen atoms in total. The predicted molar refractivity (Wildman–Crippen MR) is 102 cm³/mol. The summed E-state index contributed by atoms with van der Waals surface area (Å²) in [6.07, 6.45) is 1.05. The normalized spacial score (nSPS) is 11.1. The van der Waals surface area contributed by atoms with Crippen molar-refractivity contribution < 1.29 is 18.0 Å². The maximum Gasteiger partial charge on any atom is 0.255 e. The lowest BCUT2D eigenvalue weighted by atomic mass is 10.1. The van der Waals surface area contributed by atoms with Crippen LogP contribution in [0.1, 0.15) is 34.6 Å². The molecule has 0 aliphatic carbocycles. The Labute approximate surface area is 152 Å². The monoisotopic (exact) mass is 375 g/mol. The van der Waals surface area contributed by atoms with E-state index in [0.717, 1.165) is 6.26 Å². The molecule has 2 amide bonds. The third kappa shape index (κ3) is 5.59. The zero-order chi connectivity index (χ0) is 19.3. The summed E-state index contributed by atoms with van der Waals surface area (Å²) in [6.45, 7) is 3.70. The lowest BCUT2D eigenvalue weighted by molar-refractivity contribution is 0.0944. The maximum absolute atomic E-state index is 12.4. The van der Waals surface area contributed by atoms with Crippen molar-refractivity contribution in [2.24, 2.45) is 0 Å². The number of nitrogens with one attached hydrogen (secondary N) is 3. The molecule has 0 radical (unpaired) electrons. The van der Waals surface area contributed by atoms with Crippen molar-refractivity contribution in [3.05, 3.63) is 59.7 Å². The van der Waals surface area contributed by atoms with E-state index in [1.54, 1.807) is 24.3 Å². The number of benzene rings is 2. The molecule has 0 fully saturated rings. The molecule has 0 aliphatic heterocycles. The maximum atomic E-state index is 12.4. The van der Waals surface area contributed by atoms with Crippen LogP contribution in [0.15, 0.2) is 48.5 Å². The van der Waals surface area contributed by atoms with Crippen molar-refractivity contribution in [1.82, 2.24) is 5.32 Å². The van der Waals surface area contributed by atoms with Crippen molar-refractivity contribution >= 4 is 33.2 Å². The third-order valence-electron chi connectivity index (χ3n) is 3.29. The molecule has 0 atom stereocenters. The number of amides is 2. The highest BCUT2D eigenvalue weighted by Gasteiger charge is 2.14. The molecule has 0 aromatic heterocycles. The number of para-hydroxylation sites is 1. The Balaban J connectivity index is 2.16. The van der Waals surface area contributed by atoms with E-state index < -0.39 is 15.9 Å². The Hall–Kier alpha value is -2.87. The molecule has 2 aromatic carbocycles. The molecule has 0 spiro atoms. The van der Waals surface area contributed by atoms with E-state index in [9.17, 15) is 18.0 Å². The van der Waals surface area contributed by atoms with Gasteiger partial charge in [0, 0.05) is 17.3 Å². The van der Waals surface area contributed by atoms with Gasteiger partial charge in [-0.15, -0.1) is 0 Å². The largest absolute Gasteiger partial charge is 0.350 e. The SMILES string of the molecule is CC(C)NC(=O)c1ccccc1NC(=O)c1ccc(NS(C)(=O)=O)cc1. The molecule has 3 N–H and O–H groups in total. The summed E-state index contributed by atoms with van der Waals surface area (Å²) < 4.78 is 24.7. The lowest BCUT2D eigenvalue weighted by Gasteiger charge is -2.13. The zero-order valence-electron chi connectivity index (χ0n) is 14.7. The fourth-order valence-corrected chi connectivity index (χ4v) is 2.79. The minimum Gasteiger partial charge on any atom is -0.350 e. The van der Waals surface area contributed by atoms with E-state index >= 15 is 0 Å². The molecule has 0 bridgehead atoms. The van der Waals surface area contributed by atoms with Crippen LogP contribution in [0.25, 0.3) is 0 Å². The van der Waals surface area contributed by atoms with Gasteiger partial charge in [-0.25, -0.2) is 8.42 Å². The minimum atomic E-state index is -3.38. The van der Waals surface area contributed by atoms with Gasteiger partial charge in [-0.2, -0.15) is 0 Å². The highest BCUT2D eigenvalue weighted by Crippen LogP contribution is 2.17. The highest BCUT2D eigenvalue weighted by atomic mass is 32.2. The number of carbonyl (C=O) groups is 2. The van der Waals surface area contributed by atoms with Crippen LogP contribution in [0.5, 0.6) is 0 Å². The van der Waals surface area contributed by atoms with Crippen LogP contribution < -0.4 is 15.4 Å². The Morgan fingerprint density at radius 1 is 0.923 bits per heavy atom. The van der Waals surface area contributed by atoms with E-state index in [1.807, 2.05) is 13.8 Å².